The highest BCUT2D eigenvalue weighted by Crippen LogP contribution is 2.22. The van der Waals surface area contributed by atoms with E-state index in [2.05, 4.69) is 25.2 Å². The van der Waals surface area contributed by atoms with Crippen LogP contribution in [0.4, 0.5) is 5.69 Å². The minimum Gasteiger partial charge on any atom is -0.465 e. The lowest BCUT2D eigenvalue weighted by atomic mass is 10.2. The molecule has 0 aliphatic rings. The highest BCUT2D eigenvalue weighted by Gasteiger charge is 2.15. The van der Waals surface area contributed by atoms with Gasteiger partial charge in [-0.3, -0.25) is 9.78 Å². The van der Waals surface area contributed by atoms with Gasteiger partial charge in [0.15, 0.2) is 11.0 Å². The zero-order valence-corrected chi connectivity index (χ0v) is 16.3. The molecule has 0 spiro atoms. The van der Waals surface area contributed by atoms with E-state index in [9.17, 15) is 9.59 Å². The van der Waals surface area contributed by atoms with Crippen molar-refractivity contribution in [2.24, 2.45) is 0 Å². The summed E-state index contributed by atoms with van der Waals surface area (Å²) in [6.45, 7) is 2.65. The number of esters is 1. The maximum Gasteiger partial charge on any atom is 0.337 e. The largest absolute Gasteiger partial charge is 0.465 e. The number of hydrogen-bond acceptors (Lipinski definition) is 7. The molecule has 0 radical (unpaired) electrons. The number of pyridine rings is 1. The molecule has 0 atom stereocenters. The molecule has 2 heterocycles. The van der Waals surface area contributed by atoms with E-state index >= 15 is 0 Å². The molecule has 9 heteroatoms. The third-order valence-electron chi connectivity index (χ3n) is 3.85. The second-order valence-electron chi connectivity index (χ2n) is 5.67. The summed E-state index contributed by atoms with van der Waals surface area (Å²) in [7, 11) is 1.32. The summed E-state index contributed by atoms with van der Waals surface area (Å²) >= 11 is 1.30. The van der Waals surface area contributed by atoms with Crippen LogP contribution in [0.15, 0.2) is 53.8 Å². The van der Waals surface area contributed by atoms with E-state index in [1.807, 2.05) is 29.7 Å². The molecule has 1 aromatic carbocycles. The fourth-order valence-corrected chi connectivity index (χ4v) is 3.30. The standard InChI is InChI=1S/C19H19N5O3S/c1-3-24-17(15-6-4-5-11-20-15)22-23-19(24)28-12-16(25)21-14-9-7-13(8-10-14)18(26)27-2/h4-11H,3,12H2,1-2H3,(H,21,25). The summed E-state index contributed by atoms with van der Waals surface area (Å²) < 4.78 is 6.57. The number of hydrogen-bond donors (Lipinski definition) is 1. The second kappa shape index (κ2) is 9.14. The molecule has 0 aliphatic carbocycles. The number of rotatable bonds is 7. The smallest absolute Gasteiger partial charge is 0.337 e. The number of nitrogens with one attached hydrogen (secondary N) is 1. The van der Waals surface area contributed by atoms with Crippen LogP contribution in [0, 0.1) is 0 Å². The van der Waals surface area contributed by atoms with Gasteiger partial charge in [-0.05, 0) is 43.3 Å². The second-order valence-corrected chi connectivity index (χ2v) is 6.61. The average Bonchev–Trinajstić information content (AvgIpc) is 3.16. The molecule has 0 unspecified atom stereocenters. The molecular weight excluding hydrogens is 378 g/mol. The summed E-state index contributed by atoms with van der Waals surface area (Å²) in [6, 6.07) is 12.1. The zero-order valence-electron chi connectivity index (χ0n) is 15.5. The van der Waals surface area contributed by atoms with Gasteiger partial charge in [-0.15, -0.1) is 10.2 Å². The maximum atomic E-state index is 12.2. The molecule has 0 fully saturated rings. The molecule has 3 rings (SSSR count). The van der Waals surface area contributed by atoms with Crippen molar-refractivity contribution in [3.8, 4) is 11.5 Å². The van der Waals surface area contributed by atoms with Crippen LogP contribution in [0.2, 0.25) is 0 Å². The monoisotopic (exact) mass is 397 g/mol. The molecule has 0 bridgehead atoms. The molecule has 1 N–H and O–H groups in total. The van der Waals surface area contributed by atoms with Crippen LogP contribution in [0.1, 0.15) is 17.3 Å². The van der Waals surface area contributed by atoms with Gasteiger partial charge in [-0.1, -0.05) is 17.8 Å². The van der Waals surface area contributed by atoms with Crippen molar-refractivity contribution in [2.45, 2.75) is 18.6 Å². The van der Waals surface area contributed by atoms with Crippen molar-refractivity contribution in [2.75, 3.05) is 18.2 Å². The zero-order chi connectivity index (χ0) is 19.9. The van der Waals surface area contributed by atoms with Crippen molar-refractivity contribution in [3.63, 3.8) is 0 Å². The van der Waals surface area contributed by atoms with Crippen molar-refractivity contribution in [3.05, 3.63) is 54.2 Å². The highest BCUT2D eigenvalue weighted by molar-refractivity contribution is 7.99. The normalized spacial score (nSPS) is 10.5. The molecule has 8 nitrogen and oxygen atoms in total. The third kappa shape index (κ3) is 4.55. The van der Waals surface area contributed by atoms with Crippen molar-refractivity contribution in [1.29, 1.82) is 0 Å². The Hall–Kier alpha value is -3.20. The van der Waals surface area contributed by atoms with Crippen molar-refractivity contribution < 1.29 is 14.3 Å². The lowest BCUT2D eigenvalue weighted by molar-refractivity contribution is -0.113. The van der Waals surface area contributed by atoms with Gasteiger partial charge in [-0.25, -0.2) is 4.79 Å². The number of carbonyl (C=O) groups is 2. The minimum atomic E-state index is -0.420. The van der Waals surface area contributed by atoms with Crippen LogP contribution in [-0.2, 0) is 16.1 Å². The number of nitrogens with zero attached hydrogens (tertiary/aromatic N) is 4. The van der Waals surface area contributed by atoms with Gasteiger partial charge in [0.25, 0.3) is 0 Å². The fourth-order valence-electron chi connectivity index (χ4n) is 2.50. The minimum absolute atomic E-state index is 0.180. The van der Waals surface area contributed by atoms with Gasteiger partial charge < -0.3 is 14.6 Å². The first-order valence-corrected chi connectivity index (χ1v) is 9.56. The van der Waals surface area contributed by atoms with Crippen LogP contribution >= 0.6 is 11.8 Å². The molecular formula is C19H19N5O3S. The Morgan fingerprint density at radius 2 is 1.93 bits per heavy atom. The topological polar surface area (TPSA) is 99.0 Å². The number of amides is 1. The highest BCUT2D eigenvalue weighted by atomic mass is 32.2. The molecule has 28 heavy (non-hydrogen) atoms. The number of thioether (sulfide) groups is 1. The van der Waals surface area contributed by atoms with Gasteiger partial charge in [0, 0.05) is 18.4 Å². The predicted octanol–water partition coefficient (Wildman–Crippen LogP) is 2.88. The maximum absolute atomic E-state index is 12.2. The summed E-state index contributed by atoms with van der Waals surface area (Å²) in [6.07, 6.45) is 1.70. The lowest BCUT2D eigenvalue weighted by Crippen LogP contribution is -2.15. The number of anilines is 1. The Balaban J connectivity index is 1.62. The SMILES string of the molecule is CCn1c(SCC(=O)Nc2ccc(C(=O)OC)cc2)nnc1-c1ccccn1. The van der Waals surface area contributed by atoms with Gasteiger partial charge in [0.1, 0.15) is 5.69 Å². The summed E-state index contributed by atoms with van der Waals surface area (Å²) in [5.74, 6) is 0.250. The molecule has 0 saturated heterocycles. The van der Waals surface area contributed by atoms with E-state index in [0.717, 1.165) is 5.69 Å². The first-order valence-electron chi connectivity index (χ1n) is 8.58. The number of aromatic nitrogens is 4. The molecule has 1 amide bonds. The van der Waals surface area contributed by atoms with Crippen molar-refractivity contribution >= 4 is 29.3 Å². The van der Waals surface area contributed by atoms with Gasteiger partial charge >= 0.3 is 5.97 Å². The van der Waals surface area contributed by atoms with E-state index < -0.39 is 5.97 Å². The molecule has 2 aromatic heterocycles. The Bertz CT molecular complexity index is 957. The van der Waals surface area contributed by atoms with Crippen LogP contribution in [-0.4, -0.2) is 44.5 Å². The van der Waals surface area contributed by atoms with Crippen molar-refractivity contribution in [1.82, 2.24) is 19.7 Å². The van der Waals surface area contributed by atoms with Crippen LogP contribution in [0.3, 0.4) is 0 Å². The Kier molecular flexibility index (Phi) is 6.38. The number of carbonyl (C=O) groups excluding carboxylic acids is 2. The van der Waals surface area contributed by atoms with E-state index in [0.29, 0.717) is 28.8 Å². The predicted molar refractivity (Wildman–Crippen MR) is 106 cm³/mol. The number of methoxy groups -OCH3 is 1. The van der Waals surface area contributed by atoms with E-state index in [1.54, 1.807) is 30.5 Å². The van der Waals surface area contributed by atoms with Gasteiger partial charge in [0.05, 0.1) is 18.4 Å². The summed E-state index contributed by atoms with van der Waals surface area (Å²) in [4.78, 5) is 28.0. The molecule has 144 valence electrons. The molecule has 0 saturated carbocycles. The fraction of sp³-hybridized carbons (Fsp3) is 0.211. The molecule has 0 aliphatic heterocycles. The first-order chi connectivity index (χ1) is 13.6. The lowest BCUT2D eigenvalue weighted by Gasteiger charge is -2.08. The summed E-state index contributed by atoms with van der Waals surface area (Å²) in [5, 5.41) is 11.8. The van der Waals surface area contributed by atoms with Gasteiger partial charge in [0.2, 0.25) is 5.91 Å². The summed E-state index contributed by atoms with van der Waals surface area (Å²) in [5.41, 5.74) is 1.76. The van der Waals surface area contributed by atoms with Crippen LogP contribution in [0.5, 0.6) is 0 Å². The third-order valence-corrected chi connectivity index (χ3v) is 4.82. The quantitative estimate of drug-likeness (QED) is 0.483. The van der Waals surface area contributed by atoms with E-state index in [4.69, 9.17) is 0 Å². The van der Waals surface area contributed by atoms with Gasteiger partial charge in [-0.2, -0.15) is 0 Å². The van der Waals surface area contributed by atoms with E-state index in [-0.39, 0.29) is 11.7 Å². The Labute approximate surface area is 166 Å². The van der Waals surface area contributed by atoms with E-state index in [1.165, 1.54) is 18.9 Å². The van der Waals surface area contributed by atoms with Crippen LogP contribution in [0.25, 0.3) is 11.5 Å². The Morgan fingerprint density at radius 1 is 1.14 bits per heavy atom. The number of benzene rings is 1. The number of ether oxygens (including phenoxy) is 1. The molecule has 3 aromatic rings. The Morgan fingerprint density at radius 3 is 2.57 bits per heavy atom. The van der Waals surface area contributed by atoms with Crippen LogP contribution < -0.4 is 5.32 Å². The first kappa shape index (κ1) is 19.6. The average molecular weight is 397 g/mol.